The van der Waals surface area contributed by atoms with Crippen LogP contribution in [-0.2, 0) is 25.4 Å². The zero-order valence-corrected chi connectivity index (χ0v) is 16.9. The van der Waals surface area contributed by atoms with Crippen LogP contribution in [0, 0.1) is 17.3 Å². The van der Waals surface area contributed by atoms with Crippen LogP contribution in [-0.4, -0.2) is 50.1 Å². The molecule has 1 aliphatic heterocycles. The maximum Gasteiger partial charge on any atom is 0.416 e. The summed E-state index contributed by atoms with van der Waals surface area (Å²) in [5, 5.41) is 0. The van der Waals surface area contributed by atoms with E-state index < -0.39 is 6.09 Å². The predicted molar refractivity (Wildman–Crippen MR) is 109 cm³/mol. The number of imide groups is 1. The number of rotatable bonds is 11. The molecule has 0 unspecified atom stereocenters. The number of cyclic esters (lactones) is 1. The highest BCUT2D eigenvalue weighted by Crippen LogP contribution is 2.59. The summed E-state index contributed by atoms with van der Waals surface area (Å²) in [7, 11) is 1.57. The standard InChI is InChI=1S/C23H29NO5/c1-4-9-19(20-13-23(20,5-2)15-28-16-27-3)21(25)24-18(14-29-22(24)26)12-17-10-7-6-8-11-17/h4-8,10-11,18-20H,1-2,9,12-16H2,3H3/t18-,19-,20-,23-/m0/s1. The van der Waals surface area contributed by atoms with Crippen LogP contribution in [0.5, 0.6) is 0 Å². The average Bonchev–Trinajstić information content (AvgIpc) is 3.33. The molecule has 1 aromatic rings. The molecule has 0 radical (unpaired) electrons. The molecule has 1 heterocycles. The largest absolute Gasteiger partial charge is 0.447 e. The van der Waals surface area contributed by atoms with E-state index in [0.29, 0.717) is 19.4 Å². The molecule has 0 aromatic heterocycles. The first kappa shape index (κ1) is 21.3. The lowest BCUT2D eigenvalue weighted by molar-refractivity contribution is -0.134. The summed E-state index contributed by atoms with van der Waals surface area (Å²) in [6.45, 7) is 8.61. The van der Waals surface area contributed by atoms with E-state index in [-0.39, 0.29) is 42.6 Å². The highest BCUT2D eigenvalue weighted by atomic mass is 16.7. The molecular weight excluding hydrogens is 370 g/mol. The maximum absolute atomic E-state index is 13.4. The van der Waals surface area contributed by atoms with Gasteiger partial charge in [-0.15, -0.1) is 13.2 Å². The highest BCUT2D eigenvalue weighted by molar-refractivity contribution is 5.95. The van der Waals surface area contributed by atoms with Crippen molar-refractivity contribution in [3.8, 4) is 0 Å². The Morgan fingerprint density at radius 2 is 2.14 bits per heavy atom. The third kappa shape index (κ3) is 4.60. The molecule has 0 N–H and O–H groups in total. The van der Waals surface area contributed by atoms with Gasteiger partial charge in [0.25, 0.3) is 0 Å². The summed E-state index contributed by atoms with van der Waals surface area (Å²) in [6, 6.07) is 9.51. The van der Waals surface area contributed by atoms with Crippen LogP contribution in [0.15, 0.2) is 55.6 Å². The minimum absolute atomic E-state index is 0.0492. The summed E-state index contributed by atoms with van der Waals surface area (Å²) >= 11 is 0. The van der Waals surface area contributed by atoms with E-state index in [0.717, 1.165) is 12.0 Å². The maximum atomic E-state index is 13.4. The molecule has 29 heavy (non-hydrogen) atoms. The number of allylic oxidation sites excluding steroid dienone is 1. The van der Waals surface area contributed by atoms with Gasteiger partial charge < -0.3 is 14.2 Å². The zero-order chi connectivity index (χ0) is 20.9. The van der Waals surface area contributed by atoms with Gasteiger partial charge in [-0.3, -0.25) is 4.79 Å². The fourth-order valence-corrected chi connectivity index (χ4v) is 4.23. The normalized spacial score (nSPS) is 26.7. The van der Waals surface area contributed by atoms with Crippen LogP contribution in [0.2, 0.25) is 0 Å². The van der Waals surface area contributed by atoms with Crippen LogP contribution < -0.4 is 0 Å². The molecule has 2 aliphatic rings. The molecule has 1 saturated carbocycles. The number of carbonyl (C=O) groups is 2. The lowest BCUT2D eigenvalue weighted by Crippen LogP contribution is -2.44. The van der Waals surface area contributed by atoms with Crippen molar-refractivity contribution in [2.45, 2.75) is 25.3 Å². The first-order chi connectivity index (χ1) is 14.1. The number of hydrogen-bond donors (Lipinski definition) is 0. The molecule has 156 valence electrons. The van der Waals surface area contributed by atoms with Crippen molar-refractivity contribution in [2.75, 3.05) is 27.1 Å². The lowest BCUT2D eigenvalue weighted by Gasteiger charge is -2.26. The third-order valence-electron chi connectivity index (χ3n) is 5.89. The van der Waals surface area contributed by atoms with Gasteiger partial charge in [-0.05, 0) is 30.7 Å². The fraction of sp³-hybridized carbons (Fsp3) is 0.478. The van der Waals surface area contributed by atoms with Crippen LogP contribution in [0.4, 0.5) is 4.79 Å². The molecule has 6 nitrogen and oxygen atoms in total. The van der Waals surface area contributed by atoms with E-state index in [1.165, 1.54) is 4.90 Å². The molecule has 3 rings (SSSR count). The van der Waals surface area contributed by atoms with Gasteiger partial charge in [0.15, 0.2) is 0 Å². The van der Waals surface area contributed by atoms with E-state index in [1.54, 1.807) is 13.2 Å². The monoisotopic (exact) mass is 399 g/mol. The van der Waals surface area contributed by atoms with Crippen molar-refractivity contribution in [1.29, 1.82) is 0 Å². The van der Waals surface area contributed by atoms with Crippen molar-refractivity contribution >= 4 is 12.0 Å². The summed E-state index contributed by atoms with van der Waals surface area (Å²) in [5.74, 6) is -0.512. The van der Waals surface area contributed by atoms with E-state index in [2.05, 4.69) is 13.2 Å². The number of nitrogens with zero attached hydrogens (tertiary/aromatic N) is 1. The molecule has 0 bridgehead atoms. The molecule has 4 atom stereocenters. The van der Waals surface area contributed by atoms with Gasteiger partial charge in [-0.1, -0.05) is 42.5 Å². The molecular formula is C23H29NO5. The van der Waals surface area contributed by atoms with Gasteiger partial charge in [0.05, 0.1) is 12.6 Å². The average molecular weight is 399 g/mol. The number of ether oxygens (including phenoxy) is 3. The summed E-state index contributed by atoms with van der Waals surface area (Å²) in [5.41, 5.74) is 0.786. The van der Waals surface area contributed by atoms with E-state index >= 15 is 0 Å². The number of methoxy groups -OCH3 is 1. The Labute approximate surface area is 172 Å². The molecule has 6 heteroatoms. The number of amides is 2. The van der Waals surface area contributed by atoms with Crippen LogP contribution in [0.1, 0.15) is 18.4 Å². The Balaban J connectivity index is 1.74. The second kappa shape index (κ2) is 9.37. The van der Waals surface area contributed by atoms with Gasteiger partial charge in [0, 0.05) is 18.4 Å². The smallest absolute Gasteiger partial charge is 0.416 e. The summed E-state index contributed by atoms with van der Waals surface area (Å²) < 4.78 is 15.7. The van der Waals surface area contributed by atoms with E-state index in [4.69, 9.17) is 14.2 Å². The Hall–Kier alpha value is -2.44. The topological polar surface area (TPSA) is 65.1 Å². The quantitative estimate of drug-likeness (QED) is 0.323. The van der Waals surface area contributed by atoms with Gasteiger partial charge in [0.1, 0.15) is 13.4 Å². The molecule has 1 aliphatic carbocycles. The molecule has 1 aromatic carbocycles. The first-order valence-corrected chi connectivity index (χ1v) is 9.91. The van der Waals surface area contributed by atoms with Crippen LogP contribution >= 0.6 is 0 Å². The lowest BCUT2D eigenvalue weighted by atomic mass is 9.90. The number of benzene rings is 1. The molecule has 2 amide bonds. The van der Waals surface area contributed by atoms with Crippen molar-refractivity contribution in [3.63, 3.8) is 0 Å². The van der Waals surface area contributed by atoms with Crippen LogP contribution in [0.25, 0.3) is 0 Å². The SMILES string of the molecule is C=CC[C@H](C(=O)N1C(=O)OC[C@@H]1Cc1ccccc1)[C@@H]1C[C@@]1(C=C)COCOC. The highest BCUT2D eigenvalue weighted by Gasteiger charge is 2.58. The van der Waals surface area contributed by atoms with E-state index in [9.17, 15) is 9.59 Å². The van der Waals surface area contributed by atoms with Crippen molar-refractivity contribution in [3.05, 3.63) is 61.2 Å². The number of hydrogen-bond acceptors (Lipinski definition) is 5. The summed E-state index contributed by atoms with van der Waals surface area (Å²) in [6.07, 6.45) is 4.89. The van der Waals surface area contributed by atoms with Crippen molar-refractivity contribution in [1.82, 2.24) is 4.90 Å². The van der Waals surface area contributed by atoms with Crippen molar-refractivity contribution < 1.29 is 23.8 Å². The van der Waals surface area contributed by atoms with Gasteiger partial charge in [-0.25, -0.2) is 9.69 Å². The molecule has 2 fully saturated rings. The Bertz CT molecular complexity index is 749. The van der Waals surface area contributed by atoms with Crippen molar-refractivity contribution in [2.24, 2.45) is 17.3 Å². The fourth-order valence-electron chi connectivity index (χ4n) is 4.23. The second-order valence-corrected chi connectivity index (χ2v) is 7.76. The minimum atomic E-state index is -0.564. The van der Waals surface area contributed by atoms with Gasteiger partial charge in [-0.2, -0.15) is 0 Å². The van der Waals surface area contributed by atoms with Gasteiger partial charge in [0.2, 0.25) is 5.91 Å². The third-order valence-corrected chi connectivity index (χ3v) is 5.89. The predicted octanol–water partition coefficient (Wildman–Crippen LogP) is 3.58. The number of carbonyl (C=O) groups excluding carboxylic acids is 2. The zero-order valence-electron chi connectivity index (χ0n) is 16.9. The first-order valence-electron chi connectivity index (χ1n) is 9.91. The van der Waals surface area contributed by atoms with Crippen LogP contribution in [0.3, 0.4) is 0 Å². The Morgan fingerprint density at radius 3 is 2.79 bits per heavy atom. The Morgan fingerprint density at radius 1 is 1.38 bits per heavy atom. The second-order valence-electron chi connectivity index (χ2n) is 7.76. The Kier molecular flexibility index (Phi) is 6.87. The van der Waals surface area contributed by atoms with E-state index in [1.807, 2.05) is 36.4 Å². The summed E-state index contributed by atoms with van der Waals surface area (Å²) in [4.78, 5) is 27.2. The van der Waals surface area contributed by atoms with Gasteiger partial charge >= 0.3 is 6.09 Å². The molecule has 0 spiro atoms. The minimum Gasteiger partial charge on any atom is -0.447 e. The molecule has 1 saturated heterocycles.